The molecule has 1 aromatic rings. The predicted octanol–water partition coefficient (Wildman–Crippen LogP) is 1.92. The van der Waals surface area contributed by atoms with Gasteiger partial charge in [-0.15, -0.1) is 11.6 Å². The summed E-state index contributed by atoms with van der Waals surface area (Å²) in [6.45, 7) is 1.46. The largest absolute Gasteiger partial charge is 0.465 e. The molecule has 2 N–H and O–H groups in total. The van der Waals surface area contributed by atoms with Crippen molar-refractivity contribution in [1.29, 1.82) is 0 Å². The fraction of sp³-hybridized carbons (Fsp3) is 0.273. The summed E-state index contributed by atoms with van der Waals surface area (Å²) in [6, 6.07) is 2.59. The number of benzene rings is 1. The van der Waals surface area contributed by atoms with Crippen LogP contribution >= 0.6 is 11.6 Å². The topological polar surface area (TPSA) is 108 Å². The van der Waals surface area contributed by atoms with E-state index in [9.17, 15) is 14.9 Å². The van der Waals surface area contributed by atoms with Gasteiger partial charge in [0.2, 0.25) is 0 Å². The van der Waals surface area contributed by atoms with Gasteiger partial charge < -0.3 is 10.5 Å². The van der Waals surface area contributed by atoms with Crippen LogP contribution in [0.3, 0.4) is 0 Å². The van der Waals surface area contributed by atoms with E-state index in [0.29, 0.717) is 0 Å². The first kappa shape index (κ1) is 14.9. The number of nitro groups is 1. The summed E-state index contributed by atoms with van der Waals surface area (Å²) in [6.07, 6.45) is 0. The van der Waals surface area contributed by atoms with Gasteiger partial charge >= 0.3 is 5.97 Å². The quantitative estimate of drug-likeness (QED) is 0.227. The Morgan fingerprint density at radius 2 is 2.21 bits per heavy atom. The summed E-state index contributed by atoms with van der Waals surface area (Å²) in [5, 5.41) is 10.9. The Balaban J connectivity index is 3.48. The van der Waals surface area contributed by atoms with Gasteiger partial charge in [-0.25, -0.2) is 9.79 Å². The lowest BCUT2D eigenvalue weighted by atomic mass is 10.1. The van der Waals surface area contributed by atoms with Crippen LogP contribution < -0.4 is 5.73 Å². The fourth-order valence-electron chi connectivity index (χ4n) is 1.46. The van der Waals surface area contributed by atoms with Crippen molar-refractivity contribution in [1.82, 2.24) is 0 Å². The molecule has 0 saturated carbocycles. The first-order chi connectivity index (χ1) is 8.90. The Morgan fingerprint density at radius 1 is 1.58 bits per heavy atom. The number of nitrogens with zero attached hydrogens (tertiary/aromatic N) is 2. The normalized spacial score (nSPS) is 11.2. The maximum atomic E-state index is 11.6. The van der Waals surface area contributed by atoms with Crippen molar-refractivity contribution in [2.24, 2.45) is 10.7 Å². The number of carbonyl (C=O) groups excluding carboxylic acids is 1. The van der Waals surface area contributed by atoms with Crippen LogP contribution in [0.25, 0.3) is 0 Å². The van der Waals surface area contributed by atoms with Gasteiger partial charge in [0.25, 0.3) is 5.69 Å². The Labute approximate surface area is 114 Å². The molecule has 0 unspecified atom stereocenters. The molecule has 0 aromatic heterocycles. The van der Waals surface area contributed by atoms with Gasteiger partial charge in [0.15, 0.2) is 0 Å². The second-order valence-corrected chi connectivity index (χ2v) is 3.89. The number of nitro benzene ring substituents is 1. The highest BCUT2D eigenvalue weighted by molar-refractivity contribution is 6.28. The number of alkyl halides is 1. The van der Waals surface area contributed by atoms with Crippen LogP contribution in [0.2, 0.25) is 0 Å². The number of amidine groups is 1. The lowest BCUT2D eigenvalue weighted by Gasteiger charge is -2.06. The minimum absolute atomic E-state index is 0.0186. The lowest BCUT2D eigenvalue weighted by Crippen LogP contribution is -2.12. The fourth-order valence-corrected chi connectivity index (χ4v) is 1.52. The van der Waals surface area contributed by atoms with Crippen molar-refractivity contribution in [3.05, 3.63) is 33.4 Å². The SMILES string of the molecule is COC(=O)c1cc(N=C(N)CCl)cc([N+](=O)[O-])c1C. The molecule has 0 aliphatic rings. The van der Waals surface area contributed by atoms with Gasteiger partial charge in [-0.05, 0) is 13.0 Å². The van der Waals surface area contributed by atoms with Crippen molar-refractivity contribution in [2.45, 2.75) is 6.92 Å². The zero-order valence-electron chi connectivity index (χ0n) is 10.3. The third-order valence-corrected chi connectivity index (χ3v) is 2.65. The van der Waals surface area contributed by atoms with Crippen LogP contribution in [0, 0.1) is 17.0 Å². The molecule has 0 aliphatic carbocycles. The van der Waals surface area contributed by atoms with E-state index in [1.807, 2.05) is 0 Å². The van der Waals surface area contributed by atoms with Crippen molar-refractivity contribution in [2.75, 3.05) is 13.0 Å². The highest BCUT2D eigenvalue weighted by Crippen LogP contribution is 2.28. The minimum Gasteiger partial charge on any atom is -0.465 e. The van der Waals surface area contributed by atoms with E-state index in [4.69, 9.17) is 17.3 Å². The van der Waals surface area contributed by atoms with Gasteiger partial charge in [-0.2, -0.15) is 0 Å². The Hall–Kier alpha value is -2.15. The average Bonchev–Trinajstić information content (AvgIpc) is 2.39. The summed E-state index contributed by atoms with van der Waals surface area (Å²) in [4.78, 5) is 25.8. The van der Waals surface area contributed by atoms with E-state index in [-0.39, 0.29) is 34.2 Å². The average molecular weight is 286 g/mol. The number of carbonyl (C=O) groups is 1. The van der Waals surface area contributed by atoms with E-state index >= 15 is 0 Å². The molecule has 0 radical (unpaired) electrons. The number of rotatable bonds is 4. The van der Waals surface area contributed by atoms with Crippen molar-refractivity contribution in [3.8, 4) is 0 Å². The van der Waals surface area contributed by atoms with Crippen molar-refractivity contribution in [3.63, 3.8) is 0 Å². The molecule has 0 saturated heterocycles. The second-order valence-electron chi connectivity index (χ2n) is 3.62. The summed E-state index contributed by atoms with van der Waals surface area (Å²) < 4.78 is 4.57. The number of nitrogens with two attached hydrogens (primary N) is 1. The van der Waals surface area contributed by atoms with Crippen LogP contribution in [0.5, 0.6) is 0 Å². The molecule has 7 nitrogen and oxygen atoms in total. The molecule has 1 rings (SSSR count). The number of methoxy groups -OCH3 is 1. The van der Waals surface area contributed by atoms with Crippen LogP contribution in [0.15, 0.2) is 17.1 Å². The highest BCUT2D eigenvalue weighted by Gasteiger charge is 2.20. The molecule has 0 amide bonds. The summed E-state index contributed by atoms with van der Waals surface area (Å²) in [5.41, 5.74) is 5.68. The molecule has 0 spiro atoms. The summed E-state index contributed by atoms with van der Waals surface area (Å²) in [5.74, 6) is -0.604. The maximum Gasteiger partial charge on any atom is 0.338 e. The second kappa shape index (κ2) is 6.14. The smallest absolute Gasteiger partial charge is 0.338 e. The Kier molecular flexibility index (Phi) is 4.82. The molecule has 8 heteroatoms. The first-order valence-corrected chi connectivity index (χ1v) is 5.70. The number of halogens is 1. The van der Waals surface area contributed by atoms with E-state index in [2.05, 4.69) is 9.73 Å². The van der Waals surface area contributed by atoms with Crippen LogP contribution in [-0.2, 0) is 4.74 Å². The summed E-state index contributed by atoms with van der Waals surface area (Å²) in [7, 11) is 1.19. The van der Waals surface area contributed by atoms with Crippen molar-refractivity contribution >= 4 is 34.8 Å². The van der Waals surface area contributed by atoms with Crippen molar-refractivity contribution < 1.29 is 14.5 Å². The van der Waals surface area contributed by atoms with E-state index in [1.54, 1.807) is 0 Å². The number of esters is 1. The number of hydrogen-bond donors (Lipinski definition) is 1. The van der Waals surface area contributed by atoms with Crippen LogP contribution in [-0.4, -0.2) is 29.7 Å². The first-order valence-electron chi connectivity index (χ1n) is 5.17. The molecule has 0 heterocycles. The van der Waals surface area contributed by atoms with Gasteiger partial charge in [-0.3, -0.25) is 10.1 Å². The Morgan fingerprint density at radius 3 is 2.68 bits per heavy atom. The molecule has 102 valence electrons. The molecule has 0 bridgehead atoms. The molecule has 1 aromatic carbocycles. The van der Waals surface area contributed by atoms with E-state index in [1.165, 1.54) is 26.2 Å². The van der Waals surface area contributed by atoms with Gasteiger partial charge in [-0.1, -0.05) is 0 Å². The molecular weight excluding hydrogens is 274 g/mol. The molecule has 0 aliphatic heterocycles. The van der Waals surface area contributed by atoms with Gasteiger partial charge in [0.05, 0.1) is 29.2 Å². The zero-order chi connectivity index (χ0) is 14.6. The highest BCUT2D eigenvalue weighted by atomic mass is 35.5. The molecule has 0 fully saturated rings. The zero-order valence-corrected chi connectivity index (χ0v) is 11.1. The van der Waals surface area contributed by atoms with E-state index in [0.717, 1.165) is 0 Å². The predicted molar refractivity (Wildman–Crippen MR) is 71.2 cm³/mol. The van der Waals surface area contributed by atoms with Crippen LogP contribution in [0.4, 0.5) is 11.4 Å². The third-order valence-electron chi connectivity index (χ3n) is 2.38. The minimum atomic E-state index is -0.679. The lowest BCUT2D eigenvalue weighted by molar-refractivity contribution is -0.385. The number of hydrogen-bond acceptors (Lipinski definition) is 5. The Bertz CT molecular complexity index is 557. The summed E-state index contributed by atoms with van der Waals surface area (Å²) >= 11 is 5.48. The molecule has 0 atom stereocenters. The third kappa shape index (κ3) is 3.41. The number of ether oxygens (including phenoxy) is 1. The van der Waals surface area contributed by atoms with Gasteiger partial charge in [0.1, 0.15) is 5.84 Å². The maximum absolute atomic E-state index is 11.6. The molecular formula is C11H12ClN3O4. The number of aliphatic imine (C=N–C) groups is 1. The van der Waals surface area contributed by atoms with Crippen LogP contribution in [0.1, 0.15) is 15.9 Å². The standard InChI is InChI=1S/C11H12ClN3O4/c1-6-8(11(16)19-2)3-7(14-10(13)5-12)4-9(6)15(17)18/h3-4H,5H2,1-2H3,(H2,13,14). The van der Waals surface area contributed by atoms with E-state index < -0.39 is 10.9 Å². The van der Waals surface area contributed by atoms with Gasteiger partial charge in [0, 0.05) is 11.6 Å². The monoisotopic (exact) mass is 285 g/mol. The molecule has 19 heavy (non-hydrogen) atoms.